The Bertz CT molecular complexity index is 2130. The van der Waals surface area contributed by atoms with E-state index in [-0.39, 0.29) is 23.5 Å². The number of rotatable bonds is 7. The molecule has 0 spiro atoms. The van der Waals surface area contributed by atoms with Crippen LogP contribution in [0.3, 0.4) is 0 Å². The van der Waals surface area contributed by atoms with Crippen LogP contribution in [0.1, 0.15) is 48.1 Å². The summed E-state index contributed by atoms with van der Waals surface area (Å²) in [6, 6.07) is 8.30. The number of aryl methyl sites for hydroxylation is 1. The van der Waals surface area contributed by atoms with Gasteiger partial charge in [-0.25, -0.2) is 14.8 Å². The monoisotopic (exact) mass is 689 g/mol. The number of nitrogens with zero attached hydrogens (tertiary/aromatic N) is 8. The Morgan fingerprint density at radius 1 is 1.10 bits per heavy atom. The molecule has 0 aromatic carbocycles. The van der Waals surface area contributed by atoms with E-state index >= 15 is 0 Å². The van der Waals surface area contributed by atoms with Crippen molar-refractivity contribution in [3.05, 3.63) is 87.1 Å². The number of carbonyl (C=O) groups is 1. The maximum Gasteiger partial charge on any atom is 0.274 e. The predicted molar refractivity (Wildman–Crippen MR) is 195 cm³/mol. The first-order valence-electron chi connectivity index (χ1n) is 17.6. The van der Waals surface area contributed by atoms with E-state index in [1.165, 1.54) is 4.57 Å². The molecule has 3 aliphatic heterocycles. The summed E-state index contributed by atoms with van der Waals surface area (Å²) in [5, 5.41) is 13.9. The molecule has 0 unspecified atom stereocenters. The second-order valence-electron chi connectivity index (χ2n) is 15.0. The van der Waals surface area contributed by atoms with Crippen molar-refractivity contribution in [2.45, 2.75) is 58.8 Å². The number of aliphatic hydroxyl groups is 1. The van der Waals surface area contributed by atoms with E-state index in [4.69, 9.17) is 11.3 Å². The molecule has 13 heteroatoms. The number of anilines is 4. The lowest BCUT2D eigenvalue weighted by atomic mass is 9.90. The minimum atomic E-state index is -0.376. The first-order valence-corrected chi connectivity index (χ1v) is 17.6. The number of aliphatic hydroxyl groups excluding tert-OH is 1. The largest absolute Gasteiger partial charge is 0.392 e. The summed E-state index contributed by atoms with van der Waals surface area (Å²) in [5.74, 6) is 0.595. The van der Waals surface area contributed by atoms with Crippen LogP contribution < -0.4 is 20.7 Å². The van der Waals surface area contributed by atoms with Gasteiger partial charge in [-0.3, -0.25) is 19.4 Å². The minimum Gasteiger partial charge on any atom is -0.392 e. The van der Waals surface area contributed by atoms with Gasteiger partial charge in [0.1, 0.15) is 23.0 Å². The molecule has 1 amide bonds. The van der Waals surface area contributed by atoms with Crippen LogP contribution in [-0.4, -0.2) is 86.5 Å². The molecule has 13 nitrogen and oxygen atoms in total. The lowest BCUT2D eigenvalue weighted by molar-refractivity contribution is -0.0691. The second-order valence-corrected chi connectivity index (χ2v) is 15.0. The Labute approximate surface area is 296 Å². The van der Waals surface area contributed by atoms with Gasteiger partial charge >= 0.3 is 0 Å². The average Bonchev–Trinajstić information content (AvgIpc) is 3.56. The van der Waals surface area contributed by atoms with Gasteiger partial charge in [-0.1, -0.05) is 13.8 Å². The lowest BCUT2D eigenvalue weighted by Crippen LogP contribution is -2.59. The highest BCUT2D eigenvalue weighted by Crippen LogP contribution is 2.46. The van der Waals surface area contributed by atoms with Crippen molar-refractivity contribution in [3.8, 4) is 11.1 Å². The molecule has 1 aliphatic carbocycles. The van der Waals surface area contributed by atoms with Gasteiger partial charge in [0.05, 0.1) is 44.3 Å². The molecule has 0 saturated carbocycles. The van der Waals surface area contributed by atoms with Gasteiger partial charge in [-0.15, -0.1) is 0 Å². The van der Waals surface area contributed by atoms with Crippen molar-refractivity contribution in [3.63, 3.8) is 0 Å². The van der Waals surface area contributed by atoms with Crippen molar-refractivity contribution in [2.24, 2.45) is 12.5 Å². The zero-order chi connectivity index (χ0) is 35.6. The average molecular weight is 690 g/mol. The number of piperazine rings is 1. The Kier molecular flexibility index (Phi) is 8.21. The van der Waals surface area contributed by atoms with Crippen LogP contribution in [0, 0.1) is 12.0 Å². The van der Waals surface area contributed by atoms with E-state index < -0.39 is 0 Å². The van der Waals surface area contributed by atoms with Crippen LogP contribution in [0.25, 0.3) is 16.0 Å². The molecule has 2 fully saturated rings. The van der Waals surface area contributed by atoms with E-state index in [9.17, 15) is 14.7 Å². The fourth-order valence-corrected chi connectivity index (χ4v) is 8.29. The first kappa shape index (κ1) is 33.1. The number of pyridine rings is 3. The van der Waals surface area contributed by atoms with E-state index in [1.54, 1.807) is 36.5 Å². The van der Waals surface area contributed by atoms with Crippen LogP contribution in [-0.2, 0) is 37.8 Å². The summed E-state index contributed by atoms with van der Waals surface area (Å²) in [4.78, 5) is 47.0. The second kappa shape index (κ2) is 12.6. The Hall–Kier alpha value is -5.03. The SMILES string of the molecule is [C-]#[N+]c1c2c(n3c1C(=O)N(c1nccc(-c4cc(Nc5ccc(N6CCN(C7COC7)C[C@@H]6C)cn5)c(=O)n(C)c4)c1CO)CC3)CC(C)(C)C2. The molecule has 51 heavy (non-hydrogen) atoms. The van der Waals surface area contributed by atoms with Crippen molar-refractivity contribution in [2.75, 3.05) is 54.5 Å². The van der Waals surface area contributed by atoms with Gasteiger partial charge in [-0.2, -0.15) is 0 Å². The van der Waals surface area contributed by atoms with Crippen LogP contribution in [0.5, 0.6) is 0 Å². The van der Waals surface area contributed by atoms with Crippen molar-refractivity contribution in [1.82, 2.24) is 24.0 Å². The maximum atomic E-state index is 14.1. The normalized spacial score (nSPS) is 20.2. The quantitative estimate of drug-likeness (QED) is 0.276. The van der Waals surface area contributed by atoms with Crippen LogP contribution in [0.2, 0.25) is 0 Å². The van der Waals surface area contributed by atoms with Gasteiger partial charge in [0.25, 0.3) is 11.5 Å². The number of hydrogen-bond donors (Lipinski definition) is 2. The number of fused-ring (bicyclic) bond motifs is 3. The van der Waals surface area contributed by atoms with Gasteiger partial charge in [-0.05, 0) is 60.6 Å². The lowest BCUT2D eigenvalue weighted by Gasteiger charge is -2.46. The van der Waals surface area contributed by atoms with E-state index in [0.29, 0.717) is 70.6 Å². The third-order valence-electron chi connectivity index (χ3n) is 10.9. The van der Waals surface area contributed by atoms with E-state index in [0.717, 1.165) is 62.6 Å². The standard InChI is InChI=1S/C38H43N9O4/c1-23-18-44(26-21-51-22-26)10-11-45(23)25-6-7-32(41-17-25)42-30-14-24(19-43(5)36(30)49)27-8-9-40-35(29(27)20-48)47-13-12-46-31-16-38(2,3)15-28(31)33(39-4)34(46)37(47)50/h6-9,14,17,19,23,26,48H,10-13,15-16,18,20-22H2,1-3,5H3,(H,41,42)/t23-/m0/s1. The third kappa shape index (κ3) is 5.67. The van der Waals surface area contributed by atoms with Gasteiger partial charge in [0.15, 0.2) is 0 Å². The molecule has 8 rings (SSSR count). The van der Waals surface area contributed by atoms with Crippen LogP contribution >= 0.6 is 0 Å². The summed E-state index contributed by atoms with van der Waals surface area (Å²) in [6.45, 7) is 19.6. The third-order valence-corrected chi connectivity index (χ3v) is 10.9. The zero-order valence-corrected chi connectivity index (χ0v) is 29.5. The predicted octanol–water partition coefficient (Wildman–Crippen LogP) is 4.12. The number of nitrogens with one attached hydrogen (secondary N) is 1. The topological polar surface area (TPSA) is 125 Å². The highest BCUT2D eigenvalue weighted by atomic mass is 16.5. The molecule has 1 atom stereocenters. The maximum absolute atomic E-state index is 14.1. The fourth-order valence-electron chi connectivity index (χ4n) is 8.29. The molecule has 0 radical (unpaired) electrons. The number of aromatic nitrogens is 4. The Morgan fingerprint density at radius 3 is 2.61 bits per heavy atom. The van der Waals surface area contributed by atoms with E-state index in [1.807, 2.05) is 22.9 Å². The molecule has 4 aromatic rings. The van der Waals surface area contributed by atoms with Gasteiger partial charge in [0.2, 0.25) is 5.69 Å². The molecule has 2 N–H and O–H groups in total. The Balaban J connectivity index is 1.05. The van der Waals surface area contributed by atoms with Crippen molar-refractivity contribution in [1.29, 1.82) is 0 Å². The summed E-state index contributed by atoms with van der Waals surface area (Å²) in [6.07, 6.45) is 6.76. The molecular weight excluding hydrogens is 646 g/mol. The summed E-state index contributed by atoms with van der Waals surface area (Å²) in [7, 11) is 1.68. The van der Waals surface area contributed by atoms with E-state index in [2.05, 4.69) is 50.7 Å². The number of carbonyl (C=O) groups excluding carboxylic acids is 1. The zero-order valence-electron chi connectivity index (χ0n) is 29.5. The highest BCUT2D eigenvalue weighted by molar-refractivity contribution is 6.10. The fraction of sp³-hybridized carbons (Fsp3) is 0.447. The van der Waals surface area contributed by atoms with Gasteiger partial charge < -0.3 is 29.2 Å². The summed E-state index contributed by atoms with van der Waals surface area (Å²) in [5.41, 5.74) is 5.86. The minimum absolute atomic E-state index is 0.0509. The molecule has 4 aliphatic rings. The number of ether oxygens (including phenoxy) is 1. The first-order chi connectivity index (χ1) is 24.6. The molecule has 264 valence electrons. The Morgan fingerprint density at radius 2 is 1.92 bits per heavy atom. The summed E-state index contributed by atoms with van der Waals surface area (Å²) < 4.78 is 8.91. The van der Waals surface area contributed by atoms with Gasteiger partial charge in [0, 0.05) is 75.0 Å². The molecule has 4 aromatic heterocycles. The molecule has 2 saturated heterocycles. The van der Waals surface area contributed by atoms with Crippen LogP contribution in [0.4, 0.5) is 28.7 Å². The van der Waals surface area contributed by atoms with Crippen molar-refractivity contribution >= 4 is 34.6 Å². The molecular formula is C38H43N9O4. The smallest absolute Gasteiger partial charge is 0.274 e. The highest BCUT2D eigenvalue weighted by Gasteiger charge is 2.41. The number of hydrogen-bond acceptors (Lipinski definition) is 9. The summed E-state index contributed by atoms with van der Waals surface area (Å²) >= 11 is 0. The van der Waals surface area contributed by atoms with Crippen LogP contribution in [0.15, 0.2) is 47.7 Å². The molecule has 7 heterocycles. The van der Waals surface area contributed by atoms with Crippen molar-refractivity contribution < 1.29 is 14.6 Å². The molecule has 0 bridgehead atoms. The number of amides is 1.